The second-order valence-electron chi connectivity index (χ2n) is 5.01. The molecular formula is C15H18FNO2. The molecule has 0 aromatic heterocycles. The monoisotopic (exact) mass is 263 g/mol. The lowest BCUT2D eigenvalue weighted by atomic mass is 9.93. The molecule has 1 aromatic carbocycles. The van der Waals surface area contributed by atoms with Gasteiger partial charge in [0, 0.05) is 25.4 Å². The zero-order valence-electron chi connectivity index (χ0n) is 11.3. The van der Waals surface area contributed by atoms with Gasteiger partial charge in [-0.15, -0.1) is 0 Å². The van der Waals surface area contributed by atoms with Gasteiger partial charge in [0.05, 0.1) is 5.56 Å². The highest BCUT2D eigenvalue weighted by Crippen LogP contribution is 2.20. The third kappa shape index (κ3) is 2.67. The number of halogens is 1. The van der Waals surface area contributed by atoms with Gasteiger partial charge in [0.2, 0.25) is 0 Å². The van der Waals surface area contributed by atoms with Crippen molar-refractivity contribution in [3.8, 4) is 0 Å². The number of rotatable bonds is 2. The summed E-state index contributed by atoms with van der Waals surface area (Å²) >= 11 is 0. The molecule has 1 heterocycles. The van der Waals surface area contributed by atoms with Crippen LogP contribution in [0.5, 0.6) is 0 Å². The SMILES string of the molecule is CCC1CN(C(=O)c2cccc(C)c2F)CCC1=O. The third-order valence-corrected chi connectivity index (χ3v) is 3.73. The number of hydrogen-bond donors (Lipinski definition) is 0. The molecule has 0 bridgehead atoms. The third-order valence-electron chi connectivity index (χ3n) is 3.73. The van der Waals surface area contributed by atoms with Gasteiger partial charge in [-0.1, -0.05) is 19.1 Å². The normalized spacial score (nSPS) is 19.6. The van der Waals surface area contributed by atoms with Gasteiger partial charge in [-0.3, -0.25) is 9.59 Å². The predicted molar refractivity (Wildman–Crippen MR) is 70.4 cm³/mol. The maximum atomic E-state index is 13.9. The predicted octanol–water partition coefficient (Wildman–Crippen LogP) is 2.58. The summed E-state index contributed by atoms with van der Waals surface area (Å²) in [5.41, 5.74) is 0.565. The first-order valence-corrected chi connectivity index (χ1v) is 6.61. The van der Waals surface area contributed by atoms with Crippen molar-refractivity contribution in [2.24, 2.45) is 5.92 Å². The van der Waals surface area contributed by atoms with Crippen molar-refractivity contribution >= 4 is 11.7 Å². The largest absolute Gasteiger partial charge is 0.337 e. The van der Waals surface area contributed by atoms with Crippen LogP contribution in [-0.4, -0.2) is 29.7 Å². The zero-order valence-corrected chi connectivity index (χ0v) is 11.3. The minimum Gasteiger partial charge on any atom is -0.337 e. The van der Waals surface area contributed by atoms with Crippen molar-refractivity contribution in [3.63, 3.8) is 0 Å². The van der Waals surface area contributed by atoms with Crippen LogP contribution in [0.25, 0.3) is 0 Å². The number of carbonyl (C=O) groups excluding carboxylic acids is 2. The Kier molecular flexibility index (Phi) is 3.98. The van der Waals surface area contributed by atoms with E-state index in [2.05, 4.69) is 0 Å². The minimum absolute atomic E-state index is 0.101. The maximum Gasteiger partial charge on any atom is 0.256 e. The molecule has 1 amide bonds. The number of amides is 1. The summed E-state index contributed by atoms with van der Waals surface area (Å²) in [5.74, 6) is -0.675. The molecule has 0 N–H and O–H groups in total. The first kappa shape index (κ1) is 13.7. The van der Waals surface area contributed by atoms with E-state index < -0.39 is 5.82 Å². The van der Waals surface area contributed by atoms with Gasteiger partial charge in [-0.2, -0.15) is 0 Å². The van der Waals surface area contributed by atoms with Gasteiger partial charge in [0.25, 0.3) is 5.91 Å². The number of likely N-dealkylation sites (tertiary alicyclic amines) is 1. The number of carbonyl (C=O) groups is 2. The molecule has 0 radical (unpaired) electrons. The van der Waals surface area contributed by atoms with Crippen LogP contribution >= 0.6 is 0 Å². The molecule has 1 aromatic rings. The highest BCUT2D eigenvalue weighted by Gasteiger charge is 2.30. The average Bonchev–Trinajstić information content (AvgIpc) is 2.41. The van der Waals surface area contributed by atoms with E-state index in [0.717, 1.165) is 6.42 Å². The van der Waals surface area contributed by atoms with Crippen molar-refractivity contribution in [1.82, 2.24) is 4.90 Å². The molecule has 1 saturated heterocycles. The van der Waals surface area contributed by atoms with Gasteiger partial charge >= 0.3 is 0 Å². The number of hydrogen-bond acceptors (Lipinski definition) is 2. The molecule has 4 heteroatoms. The molecule has 1 unspecified atom stereocenters. The number of nitrogens with zero attached hydrogens (tertiary/aromatic N) is 1. The molecular weight excluding hydrogens is 245 g/mol. The topological polar surface area (TPSA) is 37.4 Å². The summed E-state index contributed by atoms with van der Waals surface area (Å²) in [6, 6.07) is 4.82. The summed E-state index contributed by atoms with van der Waals surface area (Å²) in [4.78, 5) is 25.5. The number of Topliss-reactive ketones (excluding diaryl/α,β-unsaturated/α-hetero) is 1. The molecule has 0 spiro atoms. The Bertz CT molecular complexity index is 513. The number of ketones is 1. The molecule has 1 aliphatic rings. The van der Waals surface area contributed by atoms with Gasteiger partial charge < -0.3 is 4.90 Å². The average molecular weight is 263 g/mol. The smallest absolute Gasteiger partial charge is 0.256 e. The Morgan fingerprint density at radius 3 is 2.89 bits per heavy atom. The molecule has 0 saturated carbocycles. The van der Waals surface area contributed by atoms with Crippen LogP contribution in [0.3, 0.4) is 0 Å². The van der Waals surface area contributed by atoms with Crippen molar-refractivity contribution in [3.05, 3.63) is 35.1 Å². The second-order valence-corrected chi connectivity index (χ2v) is 5.01. The van der Waals surface area contributed by atoms with Gasteiger partial charge in [-0.05, 0) is 25.0 Å². The van der Waals surface area contributed by atoms with Crippen LogP contribution in [0.4, 0.5) is 4.39 Å². The van der Waals surface area contributed by atoms with E-state index in [1.807, 2.05) is 6.92 Å². The zero-order chi connectivity index (χ0) is 14.0. The van der Waals surface area contributed by atoms with Crippen LogP contribution in [0.2, 0.25) is 0 Å². The van der Waals surface area contributed by atoms with Gasteiger partial charge in [-0.25, -0.2) is 4.39 Å². The fourth-order valence-electron chi connectivity index (χ4n) is 2.43. The summed E-state index contributed by atoms with van der Waals surface area (Å²) in [7, 11) is 0. The van der Waals surface area contributed by atoms with Crippen LogP contribution in [0.15, 0.2) is 18.2 Å². The number of aryl methyl sites for hydroxylation is 1. The van der Waals surface area contributed by atoms with Crippen LogP contribution in [0, 0.1) is 18.7 Å². The molecule has 3 nitrogen and oxygen atoms in total. The van der Waals surface area contributed by atoms with E-state index in [-0.39, 0.29) is 23.2 Å². The van der Waals surface area contributed by atoms with Crippen molar-refractivity contribution < 1.29 is 14.0 Å². The van der Waals surface area contributed by atoms with Crippen molar-refractivity contribution in [2.75, 3.05) is 13.1 Å². The summed E-state index contributed by atoms with van der Waals surface area (Å²) in [5, 5.41) is 0. The standard InChI is InChI=1S/C15H18FNO2/c1-3-11-9-17(8-7-13(11)18)15(19)12-6-4-5-10(2)14(12)16/h4-6,11H,3,7-9H2,1-2H3. The van der Waals surface area contributed by atoms with E-state index in [9.17, 15) is 14.0 Å². The Morgan fingerprint density at radius 2 is 2.21 bits per heavy atom. The van der Waals surface area contributed by atoms with E-state index in [0.29, 0.717) is 25.1 Å². The molecule has 19 heavy (non-hydrogen) atoms. The minimum atomic E-state index is -0.461. The summed E-state index contributed by atoms with van der Waals surface area (Å²) in [6.07, 6.45) is 1.09. The number of benzene rings is 1. The molecule has 1 aliphatic heterocycles. The maximum absolute atomic E-state index is 13.9. The Hall–Kier alpha value is -1.71. The highest BCUT2D eigenvalue weighted by molar-refractivity contribution is 5.96. The fourth-order valence-corrected chi connectivity index (χ4v) is 2.43. The van der Waals surface area contributed by atoms with Gasteiger partial charge in [0.1, 0.15) is 11.6 Å². The quantitative estimate of drug-likeness (QED) is 0.822. The van der Waals surface area contributed by atoms with Crippen molar-refractivity contribution in [1.29, 1.82) is 0 Å². The van der Waals surface area contributed by atoms with Gasteiger partial charge in [0.15, 0.2) is 0 Å². The van der Waals surface area contributed by atoms with E-state index in [4.69, 9.17) is 0 Å². The van der Waals surface area contributed by atoms with E-state index in [1.54, 1.807) is 24.0 Å². The lowest BCUT2D eigenvalue weighted by molar-refractivity contribution is -0.125. The second kappa shape index (κ2) is 5.51. The highest BCUT2D eigenvalue weighted by atomic mass is 19.1. The molecule has 102 valence electrons. The first-order valence-electron chi connectivity index (χ1n) is 6.61. The van der Waals surface area contributed by atoms with E-state index in [1.165, 1.54) is 6.07 Å². The molecule has 0 aliphatic carbocycles. The molecule has 1 atom stereocenters. The Balaban J connectivity index is 2.20. The lowest BCUT2D eigenvalue weighted by Gasteiger charge is -2.31. The van der Waals surface area contributed by atoms with Crippen LogP contribution < -0.4 is 0 Å². The van der Waals surface area contributed by atoms with Crippen molar-refractivity contribution in [2.45, 2.75) is 26.7 Å². The summed E-state index contributed by atoms with van der Waals surface area (Å²) < 4.78 is 13.9. The van der Waals surface area contributed by atoms with Crippen LogP contribution in [-0.2, 0) is 4.79 Å². The molecule has 1 fully saturated rings. The molecule has 2 rings (SSSR count). The Morgan fingerprint density at radius 1 is 1.47 bits per heavy atom. The lowest BCUT2D eigenvalue weighted by Crippen LogP contribution is -2.44. The van der Waals surface area contributed by atoms with E-state index >= 15 is 0 Å². The summed E-state index contributed by atoms with van der Waals surface area (Å²) in [6.45, 7) is 4.37. The fraction of sp³-hybridized carbons (Fsp3) is 0.467. The number of piperidine rings is 1. The van der Waals surface area contributed by atoms with Crippen LogP contribution in [0.1, 0.15) is 35.7 Å². The Labute approximate surface area is 112 Å². The first-order chi connectivity index (χ1) is 9.04.